The van der Waals surface area contributed by atoms with E-state index in [-0.39, 0.29) is 24.0 Å². The van der Waals surface area contributed by atoms with Crippen LogP contribution in [0.1, 0.15) is 24.0 Å². The quantitative estimate of drug-likeness (QED) is 0.423. The van der Waals surface area contributed by atoms with Crippen molar-refractivity contribution < 1.29 is 22.8 Å². The standard InChI is InChI=1S/C23H23F3N6O3/c1-15(17-3-2-4-18-19(17)13-28-30-22(18)34)11-29-35-14-21(33)32-9-7-31(8-10-32)20-6-5-16(12-27-20)23(24,25)26/h2-6,11-13,15H,7-10,14H2,1H3,(H,30,34)/b29-11+. The highest BCUT2D eigenvalue weighted by Crippen LogP contribution is 2.29. The van der Waals surface area contributed by atoms with Crippen molar-refractivity contribution in [2.24, 2.45) is 5.16 Å². The minimum absolute atomic E-state index is 0.183. The number of piperazine rings is 1. The summed E-state index contributed by atoms with van der Waals surface area (Å²) in [6, 6.07) is 7.70. The number of hydrogen-bond donors (Lipinski definition) is 1. The number of benzene rings is 1. The van der Waals surface area contributed by atoms with Gasteiger partial charge in [-0.3, -0.25) is 9.59 Å². The molecule has 1 saturated heterocycles. The number of fused-ring (bicyclic) bond motifs is 1. The Bertz CT molecular complexity index is 1270. The summed E-state index contributed by atoms with van der Waals surface area (Å²) >= 11 is 0. The van der Waals surface area contributed by atoms with Gasteiger partial charge in [0.05, 0.1) is 23.4 Å². The topological polar surface area (TPSA) is 104 Å². The largest absolute Gasteiger partial charge is 0.417 e. The number of aromatic nitrogens is 3. The number of alkyl halides is 3. The number of nitrogens with one attached hydrogen (secondary N) is 1. The van der Waals surface area contributed by atoms with E-state index in [9.17, 15) is 22.8 Å². The third kappa shape index (κ3) is 5.58. The Labute approximate surface area is 198 Å². The maximum Gasteiger partial charge on any atom is 0.417 e. The van der Waals surface area contributed by atoms with Crippen molar-refractivity contribution in [1.29, 1.82) is 0 Å². The maximum atomic E-state index is 12.7. The van der Waals surface area contributed by atoms with E-state index >= 15 is 0 Å². The molecule has 1 aliphatic rings. The van der Waals surface area contributed by atoms with Gasteiger partial charge in [0.1, 0.15) is 5.82 Å². The average molecular weight is 488 g/mol. The molecule has 0 radical (unpaired) electrons. The molecule has 0 spiro atoms. The number of nitrogens with zero attached hydrogens (tertiary/aromatic N) is 5. The molecular weight excluding hydrogens is 465 g/mol. The van der Waals surface area contributed by atoms with Crippen LogP contribution in [0.15, 0.2) is 52.7 Å². The van der Waals surface area contributed by atoms with Crippen LogP contribution in [0.4, 0.5) is 19.0 Å². The lowest BCUT2D eigenvalue weighted by Gasteiger charge is -2.35. The van der Waals surface area contributed by atoms with E-state index in [1.807, 2.05) is 17.9 Å². The normalized spacial score (nSPS) is 15.5. The Balaban J connectivity index is 1.26. The Morgan fingerprint density at radius 1 is 1.17 bits per heavy atom. The van der Waals surface area contributed by atoms with Crippen molar-refractivity contribution in [2.75, 3.05) is 37.7 Å². The number of H-pyrrole nitrogens is 1. The number of carbonyl (C=O) groups is 1. The molecule has 3 heterocycles. The molecule has 4 rings (SSSR count). The zero-order valence-corrected chi connectivity index (χ0v) is 18.8. The number of anilines is 1. The van der Waals surface area contributed by atoms with Crippen LogP contribution in [-0.2, 0) is 15.8 Å². The minimum Gasteiger partial charge on any atom is -0.386 e. The number of halogens is 3. The third-order valence-electron chi connectivity index (χ3n) is 5.81. The molecule has 0 aliphatic carbocycles. The fourth-order valence-corrected chi connectivity index (χ4v) is 3.86. The first kappa shape index (κ1) is 24.2. The number of oxime groups is 1. The summed E-state index contributed by atoms with van der Waals surface area (Å²) in [5.41, 5.74) is -0.217. The monoisotopic (exact) mass is 488 g/mol. The average Bonchev–Trinajstić information content (AvgIpc) is 2.86. The summed E-state index contributed by atoms with van der Waals surface area (Å²) in [6.07, 6.45) is -0.479. The fourth-order valence-electron chi connectivity index (χ4n) is 3.86. The van der Waals surface area contributed by atoms with Gasteiger partial charge in [0.15, 0.2) is 6.61 Å². The van der Waals surface area contributed by atoms with Gasteiger partial charge in [0.25, 0.3) is 11.5 Å². The van der Waals surface area contributed by atoms with Crippen molar-refractivity contribution >= 4 is 28.7 Å². The highest BCUT2D eigenvalue weighted by Gasteiger charge is 2.31. The number of pyridine rings is 1. The second-order valence-corrected chi connectivity index (χ2v) is 8.09. The highest BCUT2D eigenvalue weighted by molar-refractivity contribution is 5.87. The smallest absolute Gasteiger partial charge is 0.386 e. The number of rotatable bonds is 6. The summed E-state index contributed by atoms with van der Waals surface area (Å²) in [5, 5.41) is 11.4. The molecule has 1 atom stereocenters. The lowest BCUT2D eigenvalue weighted by Crippen LogP contribution is -2.49. The van der Waals surface area contributed by atoms with Crippen LogP contribution in [0.25, 0.3) is 10.8 Å². The van der Waals surface area contributed by atoms with E-state index in [1.54, 1.807) is 29.4 Å². The summed E-state index contributed by atoms with van der Waals surface area (Å²) in [5.74, 6) is 0.0125. The van der Waals surface area contributed by atoms with Gasteiger partial charge < -0.3 is 14.6 Å². The highest BCUT2D eigenvalue weighted by atomic mass is 19.4. The molecule has 35 heavy (non-hydrogen) atoms. The molecule has 1 N–H and O–H groups in total. The molecule has 1 amide bonds. The predicted molar refractivity (Wildman–Crippen MR) is 123 cm³/mol. The lowest BCUT2D eigenvalue weighted by molar-refractivity contribution is -0.138. The molecule has 1 unspecified atom stereocenters. The first-order valence-corrected chi connectivity index (χ1v) is 10.9. The third-order valence-corrected chi connectivity index (χ3v) is 5.81. The molecule has 1 fully saturated rings. The minimum atomic E-state index is -4.43. The SMILES string of the molecule is CC(/C=N/OCC(=O)N1CCN(c2ccc(C(F)(F)F)cn2)CC1)c1cccc2c(=O)[nH]ncc12. The Morgan fingerprint density at radius 3 is 2.63 bits per heavy atom. The number of aromatic amines is 1. The predicted octanol–water partition coefficient (Wildman–Crippen LogP) is 2.79. The van der Waals surface area contributed by atoms with Crippen LogP contribution < -0.4 is 10.5 Å². The van der Waals surface area contributed by atoms with E-state index in [0.29, 0.717) is 42.8 Å². The molecule has 1 aromatic carbocycles. The number of carbonyl (C=O) groups excluding carboxylic acids is 1. The molecule has 3 aromatic rings. The summed E-state index contributed by atoms with van der Waals surface area (Å²) in [4.78, 5) is 36.9. The van der Waals surface area contributed by atoms with E-state index < -0.39 is 11.7 Å². The van der Waals surface area contributed by atoms with Crippen LogP contribution in [-0.4, -0.2) is 65.0 Å². The molecule has 1 aliphatic heterocycles. The first-order chi connectivity index (χ1) is 16.7. The maximum absolute atomic E-state index is 12.7. The van der Waals surface area contributed by atoms with Gasteiger partial charge in [0, 0.05) is 43.7 Å². The van der Waals surface area contributed by atoms with Gasteiger partial charge >= 0.3 is 6.18 Å². The van der Waals surface area contributed by atoms with Crippen molar-refractivity contribution in [3.8, 4) is 0 Å². The fraction of sp³-hybridized carbons (Fsp3) is 0.348. The van der Waals surface area contributed by atoms with Gasteiger partial charge in [-0.15, -0.1) is 0 Å². The number of amides is 1. The molecule has 0 bridgehead atoms. The van der Waals surface area contributed by atoms with Crippen LogP contribution in [0.5, 0.6) is 0 Å². The zero-order chi connectivity index (χ0) is 25.0. The lowest BCUT2D eigenvalue weighted by atomic mass is 9.97. The van der Waals surface area contributed by atoms with Crippen LogP contribution in [0.3, 0.4) is 0 Å². The summed E-state index contributed by atoms with van der Waals surface area (Å²) < 4.78 is 38.1. The summed E-state index contributed by atoms with van der Waals surface area (Å²) in [6.45, 7) is 3.32. The van der Waals surface area contributed by atoms with E-state index in [0.717, 1.165) is 17.8 Å². The first-order valence-electron chi connectivity index (χ1n) is 10.9. The Kier molecular flexibility index (Phi) is 6.99. The second-order valence-electron chi connectivity index (χ2n) is 8.09. The van der Waals surface area contributed by atoms with Crippen molar-refractivity contribution in [2.45, 2.75) is 19.0 Å². The Hall–Kier alpha value is -3.96. The van der Waals surface area contributed by atoms with E-state index in [1.165, 1.54) is 6.07 Å². The molecular formula is C23H23F3N6O3. The number of hydrogen-bond acceptors (Lipinski definition) is 7. The molecule has 184 valence electrons. The van der Waals surface area contributed by atoms with E-state index in [2.05, 4.69) is 20.3 Å². The van der Waals surface area contributed by atoms with Gasteiger partial charge in [-0.1, -0.05) is 24.2 Å². The second kappa shape index (κ2) is 10.1. The Morgan fingerprint density at radius 2 is 1.94 bits per heavy atom. The molecule has 0 saturated carbocycles. The van der Waals surface area contributed by atoms with Gasteiger partial charge in [-0.25, -0.2) is 10.1 Å². The van der Waals surface area contributed by atoms with E-state index in [4.69, 9.17) is 4.84 Å². The van der Waals surface area contributed by atoms with Gasteiger partial charge in [0.2, 0.25) is 0 Å². The van der Waals surface area contributed by atoms with Crippen molar-refractivity contribution in [1.82, 2.24) is 20.1 Å². The molecule has 9 nitrogen and oxygen atoms in total. The molecule has 2 aromatic heterocycles. The van der Waals surface area contributed by atoms with Crippen LogP contribution >= 0.6 is 0 Å². The van der Waals surface area contributed by atoms with Crippen molar-refractivity contribution in [3.63, 3.8) is 0 Å². The summed E-state index contributed by atoms with van der Waals surface area (Å²) in [7, 11) is 0. The van der Waals surface area contributed by atoms with Crippen LogP contribution in [0.2, 0.25) is 0 Å². The molecule has 12 heteroatoms. The van der Waals surface area contributed by atoms with Gasteiger partial charge in [-0.2, -0.15) is 18.3 Å². The van der Waals surface area contributed by atoms with Crippen LogP contribution in [0, 0.1) is 0 Å². The van der Waals surface area contributed by atoms with Gasteiger partial charge in [-0.05, 0) is 23.8 Å². The zero-order valence-electron chi connectivity index (χ0n) is 18.8. The van der Waals surface area contributed by atoms with Crippen molar-refractivity contribution in [3.05, 3.63) is 64.2 Å².